The number of amides is 2. The van der Waals surface area contributed by atoms with Crippen LogP contribution in [0.3, 0.4) is 0 Å². The highest BCUT2D eigenvalue weighted by Crippen LogP contribution is 2.31. The number of carbonyl (C=O) groups excluding carboxylic acids is 2. The summed E-state index contributed by atoms with van der Waals surface area (Å²) in [5.74, 6) is 0.217. The minimum atomic E-state index is -1.07. The Morgan fingerprint density at radius 2 is 1.55 bits per heavy atom. The lowest BCUT2D eigenvalue weighted by molar-refractivity contribution is -0.123. The summed E-state index contributed by atoms with van der Waals surface area (Å²) in [6.45, 7) is 6.46. The molecule has 51 heavy (non-hydrogen) atoms. The van der Waals surface area contributed by atoms with E-state index in [2.05, 4.69) is 20.6 Å². The number of aromatic nitrogens is 4. The van der Waals surface area contributed by atoms with Gasteiger partial charge in [-0.1, -0.05) is 92.8 Å². The van der Waals surface area contributed by atoms with Crippen molar-refractivity contribution in [3.05, 3.63) is 108 Å². The highest BCUT2D eigenvalue weighted by molar-refractivity contribution is 5.95. The largest absolute Gasteiger partial charge is 0.444 e. The Morgan fingerprint density at radius 1 is 0.922 bits per heavy atom. The molecule has 2 aromatic heterocycles. The highest BCUT2D eigenvalue weighted by Gasteiger charge is 2.34. The molecule has 3 atom stereocenters. The van der Waals surface area contributed by atoms with E-state index in [0.29, 0.717) is 31.4 Å². The number of imidazole rings is 2. The van der Waals surface area contributed by atoms with Gasteiger partial charge in [0, 0.05) is 36.7 Å². The van der Waals surface area contributed by atoms with E-state index in [1.165, 1.54) is 6.42 Å². The Balaban J connectivity index is 1.35. The Hall–Kier alpha value is -4.36. The number of hydrogen-bond acceptors (Lipinski definition) is 9. The number of hydrogen-bond donors (Lipinski definition) is 3. The van der Waals surface area contributed by atoms with Gasteiger partial charge in [-0.3, -0.25) is 15.4 Å². The molecule has 0 spiro atoms. The van der Waals surface area contributed by atoms with Crippen molar-refractivity contribution in [2.24, 2.45) is 5.92 Å². The number of nitrogens with one attached hydrogen (secondary N) is 2. The van der Waals surface area contributed by atoms with Crippen LogP contribution in [0.5, 0.6) is 0 Å². The minimum Gasteiger partial charge on any atom is -0.444 e. The standard InChI is InChI=1S/C39H52N6O6/c1-39(2,3)51-38(48)43-37(47)34(22-32-23-40-26-45(32)28-50-25-31-17-11-6-12-18-31)42-33(21-29-13-7-4-8-14-29)35(46)36-41-19-20-44(36)27-49-24-30-15-9-5-10-16-30/h5-6,9-12,15-20,23,26,29,33-35,42,46H,4,7-8,13-14,21-22,24-25,27-28H2,1-3H3,(H,43,47,48)/t33-,34-,35+/m0/s1. The zero-order valence-electron chi connectivity index (χ0n) is 29.9. The second-order valence-corrected chi connectivity index (χ2v) is 14.2. The van der Waals surface area contributed by atoms with Gasteiger partial charge in [-0.2, -0.15) is 0 Å². The number of ether oxygens (including phenoxy) is 3. The summed E-state index contributed by atoms with van der Waals surface area (Å²) in [6, 6.07) is 18.3. The van der Waals surface area contributed by atoms with E-state index in [0.717, 1.165) is 42.5 Å². The Labute approximate surface area is 300 Å². The van der Waals surface area contributed by atoms with E-state index >= 15 is 0 Å². The molecule has 0 bridgehead atoms. The van der Waals surface area contributed by atoms with Crippen LogP contribution in [0.25, 0.3) is 0 Å². The first-order valence-corrected chi connectivity index (χ1v) is 17.9. The molecule has 0 unspecified atom stereocenters. The first-order valence-electron chi connectivity index (χ1n) is 17.9. The van der Waals surface area contributed by atoms with Crippen molar-refractivity contribution in [2.45, 2.75) is 116 Å². The molecule has 1 saturated carbocycles. The molecule has 2 amide bonds. The summed E-state index contributed by atoms with van der Waals surface area (Å²) in [5, 5.41) is 17.9. The SMILES string of the molecule is CC(C)(C)OC(=O)NC(=O)[C@H](Cc1cncn1COCc1ccccc1)N[C@@H](CC1CCCCC1)[C@@H](O)c1nccn1COCc1ccccc1. The summed E-state index contributed by atoms with van der Waals surface area (Å²) >= 11 is 0. The van der Waals surface area contributed by atoms with Crippen LogP contribution in [0.1, 0.15) is 88.0 Å². The molecule has 1 aliphatic carbocycles. The fourth-order valence-electron chi connectivity index (χ4n) is 6.44. The number of benzene rings is 2. The Kier molecular flexibility index (Phi) is 13.9. The predicted molar refractivity (Wildman–Crippen MR) is 192 cm³/mol. The molecule has 274 valence electrons. The van der Waals surface area contributed by atoms with Gasteiger partial charge in [-0.25, -0.2) is 14.8 Å². The van der Waals surface area contributed by atoms with Gasteiger partial charge in [0.05, 0.1) is 25.6 Å². The maximum absolute atomic E-state index is 13.9. The summed E-state index contributed by atoms with van der Waals surface area (Å²) in [4.78, 5) is 35.6. The first kappa shape index (κ1) is 37.9. The van der Waals surface area contributed by atoms with Crippen molar-refractivity contribution >= 4 is 12.0 Å². The normalized spacial score (nSPS) is 15.6. The molecule has 1 fully saturated rings. The topological polar surface area (TPSA) is 142 Å². The summed E-state index contributed by atoms with van der Waals surface area (Å²) in [6.07, 6.45) is 11.2. The van der Waals surface area contributed by atoms with Crippen LogP contribution < -0.4 is 10.6 Å². The van der Waals surface area contributed by atoms with E-state index < -0.39 is 35.8 Å². The van der Waals surface area contributed by atoms with Crippen molar-refractivity contribution in [3.63, 3.8) is 0 Å². The molecule has 4 aromatic rings. The van der Waals surface area contributed by atoms with Crippen molar-refractivity contribution < 1.29 is 28.9 Å². The molecule has 12 nitrogen and oxygen atoms in total. The van der Waals surface area contributed by atoms with Gasteiger partial charge in [0.15, 0.2) is 0 Å². The van der Waals surface area contributed by atoms with Crippen molar-refractivity contribution in [1.29, 1.82) is 0 Å². The van der Waals surface area contributed by atoms with E-state index in [-0.39, 0.29) is 19.9 Å². The van der Waals surface area contributed by atoms with Gasteiger partial charge in [-0.05, 0) is 44.2 Å². The molecule has 0 radical (unpaired) electrons. The molecule has 3 N–H and O–H groups in total. The second kappa shape index (κ2) is 18.8. The van der Waals surface area contributed by atoms with Crippen LogP contribution in [0.15, 0.2) is 85.6 Å². The Bertz CT molecular complexity index is 1630. The lowest BCUT2D eigenvalue weighted by Gasteiger charge is -2.33. The Morgan fingerprint density at radius 3 is 2.18 bits per heavy atom. The van der Waals surface area contributed by atoms with Gasteiger partial charge in [0.1, 0.15) is 31.0 Å². The smallest absolute Gasteiger partial charge is 0.414 e. The molecule has 2 heterocycles. The van der Waals surface area contributed by atoms with Crippen LogP contribution in [-0.4, -0.2) is 53.9 Å². The zero-order valence-corrected chi connectivity index (χ0v) is 29.9. The predicted octanol–water partition coefficient (Wildman–Crippen LogP) is 6.05. The number of rotatable bonds is 17. The van der Waals surface area contributed by atoms with Crippen LogP contribution in [0.2, 0.25) is 0 Å². The fourth-order valence-corrected chi connectivity index (χ4v) is 6.44. The number of alkyl carbamates (subject to hydrolysis) is 1. The molecular weight excluding hydrogens is 648 g/mol. The lowest BCUT2D eigenvalue weighted by Crippen LogP contribution is -2.53. The van der Waals surface area contributed by atoms with Crippen molar-refractivity contribution in [1.82, 2.24) is 29.7 Å². The van der Waals surface area contributed by atoms with Gasteiger partial charge in [0.2, 0.25) is 5.91 Å². The number of aliphatic hydroxyl groups excluding tert-OH is 1. The van der Waals surface area contributed by atoms with E-state index in [9.17, 15) is 14.7 Å². The van der Waals surface area contributed by atoms with Crippen LogP contribution in [0.4, 0.5) is 4.79 Å². The van der Waals surface area contributed by atoms with Crippen LogP contribution in [-0.2, 0) is 52.1 Å². The molecule has 12 heteroatoms. The highest BCUT2D eigenvalue weighted by atomic mass is 16.6. The van der Waals surface area contributed by atoms with Crippen molar-refractivity contribution in [3.8, 4) is 0 Å². The quantitative estimate of drug-likeness (QED) is 0.120. The zero-order chi connectivity index (χ0) is 36.1. The number of imide groups is 1. The molecule has 0 saturated heterocycles. The average molecular weight is 701 g/mol. The monoisotopic (exact) mass is 700 g/mol. The summed E-state index contributed by atoms with van der Waals surface area (Å²) < 4.78 is 21.0. The number of carbonyl (C=O) groups is 2. The van der Waals surface area contributed by atoms with E-state index in [4.69, 9.17) is 14.2 Å². The molecule has 5 rings (SSSR count). The number of aliphatic hydroxyl groups is 1. The van der Waals surface area contributed by atoms with Gasteiger partial charge >= 0.3 is 6.09 Å². The molecule has 2 aromatic carbocycles. The van der Waals surface area contributed by atoms with Crippen LogP contribution in [0, 0.1) is 5.92 Å². The lowest BCUT2D eigenvalue weighted by atomic mass is 9.83. The number of nitrogens with zero attached hydrogens (tertiary/aromatic N) is 4. The maximum atomic E-state index is 13.9. The minimum absolute atomic E-state index is 0.172. The second-order valence-electron chi connectivity index (χ2n) is 14.2. The van der Waals surface area contributed by atoms with Gasteiger partial charge < -0.3 is 28.5 Å². The average Bonchev–Trinajstić information content (AvgIpc) is 3.77. The maximum Gasteiger partial charge on any atom is 0.414 e. The van der Waals surface area contributed by atoms with Crippen LogP contribution >= 0.6 is 0 Å². The van der Waals surface area contributed by atoms with E-state index in [1.807, 2.05) is 65.2 Å². The first-order chi connectivity index (χ1) is 24.6. The third-order valence-electron chi connectivity index (χ3n) is 8.96. The molecule has 1 aliphatic rings. The molecular formula is C39H52N6O6. The van der Waals surface area contributed by atoms with Crippen molar-refractivity contribution in [2.75, 3.05) is 0 Å². The molecule has 0 aliphatic heterocycles. The third kappa shape index (κ3) is 12.1. The third-order valence-corrected chi connectivity index (χ3v) is 8.96. The van der Waals surface area contributed by atoms with Gasteiger partial charge in [0.25, 0.3) is 0 Å². The van der Waals surface area contributed by atoms with E-state index in [1.54, 1.807) is 50.3 Å². The summed E-state index contributed by atoms with van der Waals surface area (Å²) in [5.41, 5.74) is 2.02. The van der Waals surface area contributed by atoms with Gasteiger partial charge in [-0.15, -0.1) is 0 Å². The summed E-state index contributed by atoms with van der Waals surface area (Å²) in [7, 11) is 0. The fraction of sp³-hybridized carbons (Fsp3) is 0.487.